The minimum atomic E-state index is -0.586. The number of piperazine rings is 1. The highest BCUT2D eigenvalue weighted by molar-refractivity contribution is 6.42. The Hall–Kier alpha value is -2.86. The summed E-state index contributed by atoms with van der Waals surface area (Å²) in [6, 6.07) is 25.3. The lowest BCUT2D eigenvalue weighted by Gasteiger charge is -2.36. The zero-order chi connectivity index (χ0) is 27.8. The van der Waals surface area contributed by atoms with Crippen molar-refractivity contribution in [2.75, 3.05) is 37.6 Å². The van der Waals surface area contributed by atoms with E-state index in [0.717, 1.165) is 61.7 Å². The van der Waals surface area contributed by atoms with Gasteiger partial charge in [0.2, 0.25) is 0 Å². The number of esters is 1. The molecule has 7 heteroatoms. The summed E-state index contributed by atoms with van der Waals surface area (Å²) in [6.45, 7) is 10.3. The lowest BCUT2D eigenvalue weighted by Crippen LogP contribution is -2.46. The molecule has 0 bridgehead atoms. The molecular weight excluding hydrogens is 529 g/mol. The monoisotopic (exact) mass is 565 g/mol. The van der Waals surface area contributed by atoms with Gasteiger partial charge in [-0.25, -0.2) is 4.79 Å². The van der Waals surface area contributed by atoms with Gasteiger partial charge in [0, 0.05) is 43.0 Å². The fourth-order valence-electron chi connectivity index (χ4n) is 4.69. The predicted octanol–water partition coefficient (Wildman–Crippen LogP) is 7.14. The fraction of sp³-hybridized carbons (Fsp3) is 0.375. The molecule has 0 spiro atoms. The van der Waals surface area contributed by atoms with E-state index >= 15 is 0 Å². The van der Waals surface area contributed by atoms with E-state index in [4.69, 9.17) is 32.9 Å². The first-order chi connectivity index (χ1) is 18.7. The molecule has 0 amide bonds. The van der Waals surface area contributed by atoms with E-state index in [1.807, 2.05) is 99.6 Å². The molecule has 39 heavy (non-hydrogen) atoms. The van der Waals surface area contributed by atoms with Crippen molar-refractivity contribution in [3.8, 4) is 0 Å². The van der Waals surface area contributed by atoms with Crippen molar-refractivity contribution < 1.29 is 9.53 Å². The molecule has 4 rings (SSSR count). The highest BCUT2D eigenvalue weighted by atomic mass is 35.5. The van der Waals surface area contributed by atoms with Gasteiger partial charge in [0.05, 0.1) is 15.8 Å². The van der Waals surface area contributed by atoms with Crippen LogP contribution in [0.3, 0.4) is 0 Å². The van der Waals surface area contributed by atoms with Gasteiger partial charge in [-0.05, 0) is 58.4 Å². The Morgan fingerprint density at radius 3 is 2.00 bits per heavy atom. The molecule has 0 saturated carbocycles. The molecule has 1 atom stereocenters. The Morgan fingerprint density at radius 1 is 0.872 bits per heavy atom. The number of hydrogen-bond donors (Lipinski definition) is 0. The first-order valence-electron chi connectivity index (χ1n) is 13.5. The molecule has 0 aliphatic carbocycles. The molecule has 206 valence electrons. The van der Waals surface area contributed by atoms with Crippen LogP contribution in [0, 0.1) is 0 Å². The van der Waals surface area contributed by atoms with Crippen LogP contribution in [0.15, 0.2) is 83.9 Å². The first kappa shape index (κ1) is 29.1. The second-order valence-electron chi connectivity index (χ2n) is 10.8. The van der Waals surface area contributed by atoms with Crippen LogP contribution in [0.4, 0.5) is 5.69 Å². The molecule has 1 fully saturated rings. The molecule has 0 aromatic heterocycles. The number of rotatable bonds is 9. The van der Waals surface area contributed by atoms with Crippen LogP contribution in [0.2, 0.25) is 10.0 Å². The third-order valence-corrected chi connectivity index (χ3v) is 7.39. The molecule has 0 radical (unpaired) electrons. The van der Waals surface area contributed by atoms with Crippen LogP contribution in [0.5, 0.6) is 0 Å². The van der Waals surface area contributed by atoms with E-state index < -0.39 is 11.6 Å². The summed E-state index contributed by atoms with van der Waals surface area (Å²) in [6.07, 6.45) is 1.46. The molecule has 5 nitrogen and oxygen atoms in total. The van der Waals surface area contributed by atoms with Crippen molar-refractivity contribution in [1.29, 1.82) is 0 Å². The van der Waals surface area contributed by atoms with E-state index in [-0.39, 0.29) is 5.97 Å². The maximum absolute atomic E-state index is 13.3. The summed E-state index contributed by atoms with van der Waals surface area (Å²) < 4.78 is 5.81. The van der Waals surface area contributed by atoms with Crippen LogP contribution in [-0.2, 0) is 9.53 Å². The number of halogens is 2. The molecule has 3 aromatic carbocycles. The fourth-order valence-corrected chi connectivity index (χ4v) is 4.98. The van der Waals surface area contributed by atoms with Gasteiger partial charge < -0.3 is 9.64 Å². The molecular formula is C32H37Cl2N3O2. The summed E-state index contributed by atoms with van der Waals surface area (Å²) in [5.74, 6) is -0.281. The standard InChI is InChI=1S/C32H37Cl2N3O2/c1-32(2,3)39-31(38)29(35-30(24-11-6-4-7-12-24)25-13-8-5-9-14-25)15-10-18-36-19-21-37(22-20-36)26-16-17-27(33)28(34)23-26/h4-9,11-14,16-17,23,29H,10,15,18-22H2,1-3H3. The molecule has 1 saturated heterocycles. The van der Waals surface area contributed by atoms with Crippen LogP contribution in [0.1, 0.15) is 44.7 Å². The van der Waals surface area contributed by atoms with E-state index in [0.29, 0.717) is 16.5 Å². The number of aliphatic imine (C=N–C) groups is 1. The summed E-state index contributed by atoms with van der Waals surface area (Å²) in [5, 5.41) is 1.15. The van der Waals surface area contributed by atoms with Crippen LogP contribution < -0.4 is 4.90 Å². The van der Waals surface area contributed by atoms with Gasteiger partial charge in [0.15, 0.2) is 0 Å². The second-order valence-corrected chi connectivity index (χ2v) is 11.6. The molecule has 1 unspecified atom stereocenters. The first-order valence-corrected chi connectivity index (χ1v) is 14.3. The average Bonchev–Trinajstić information content (AvgIpc) is 2.92. The van der Waals surface area contributed by atoms with Gasteiger partial charge in [-0.2, -0.15) is 0 Å². The largest absolute Gasteiger partial charge is 0.458 e. The van der Waals surface area contributed by atoms with Crippen molar-refractivity contribution in [2.24, 2.45) is 4.99 Å². The van der Waals surface area contributed by atoms with Gasteiger partial charge in [0.1, 0.15) is 11.6 Å². The maximum atomic E-state index is 13.3. The van der Waals surface area contributed by atoms with Crippen molar-refractivity contribution in [1.82, 2.24) is 4.90 Å². The van der Waals surface area contributed by atoms with Gasteiger partial charge in [0.25, 0.3) is 0 Å². The summed E-state index contributed by atoms with van der Waals surface area (Å²) in [7, 11) is 0. The van der Waals surface area contributed by atoms with Crippen molar-refractivity contribution in [2.45, 2.75) is 45.3 Å². The Balaban J connectivity index is 1.44. The minimum Gasteiger partial charge on any atom is -0.458 e. The molecule has 0 N–H and O–H groups in total. The third-order valence-electron chi connectivity index (χ3n) is 6.65. The second kappa shape index (κ2) is 13.5. The Kier molecular flexibility index (Phi) is 10.1. The number of hydrogen-bond acceptors (Lipinski definition) is 5. The topological polar surface area (TPSA) is 45.1 Å². The average molecular weight is 567 g/mol. The number of anilines is 1. The third kappa shape index (κ3) is 8.56. The van der Waals surface area contributed by atoms with Crippen molar-refractivity contribution in [3.63, 3.8) is 0 Å². The predicted molar refractivity (Wildman–Crippen MR) is 163 cm³/mol. The Bertz CT molecular complexity index is 1210. The van der Waals surface area contributed by atoms with Crippen LogP contribution in [-0.4, -0.2) is 60.9 Å². The number of ether oxygens (including phenoxy) is 1. The van der Waals surface area contributed by atoms with Gasteiger partial charge in [-0.15, -0.1) is 0 Å². The van der Waals surface area contributed by atoms with E-state index in [9.17, 15) is 4.79 Å². The van der Waals surface area contributed by atoms with Gasteiger partial charge >= 0.3 is 5.97 Å². The van der Waals surface area contributed by atoms with Crippen LogP contribution in [0.25, 0.3) is 0 Å². The summed E-state index contributed by atoms with van der Waals surface area (Å²) in [4.78, 5) is 23.1. The molecule has 3 aromatic rings. The quantitative estimate of drug-likeness (QED) is 0.204. The highest BCUT2D eigenvalue weighted by Crippen LogP contribution is 2.28. The lowest BCUT2D eigenvalue weighted by atomic mass is 10.0. The zero-order valence-electron chi connectivity index (χ0n) is 22.9. The van der Waals surface area contributed by atoms with Crippen LogP contribution >= 0.6 is 23.2 Å². The van der Waals surface area contributed by atoms with E-state index in [1.54, 1.807) is 0 Å². The normalized spacial score (nSPS) is 15.1. The summed E-state index contributed by atoms with van der Waals surface area (Å²) >= 11 is 12.3. The Morgan fingerprint density at radius 2 is 1.46 bits per heavy atom. The number of nitrogens with zero attached hydrogens (tertiary/aromatic N) is 3. The molecule has 1 aliphatic heterocycles. The maximum Gasteiger partial charge on any atom is 0.331 e. The highest BCUT2D eigenvalue weighted by Gasteiger charge is 2.26. The SMILES string of the molecule is CC(C)(C)OC(=O)C(CCCN1CCN(c2ccc(Cl)c(Cl)c2)CC1)N=C(c1ccccc1)c1ccccc1. The van der Waals surface area contributed by atoms with E-state index in [2.05, 4.69) is 9.80 Å². The zero-order valence-corrected chi connectivity index (χ0v) is 24.5. The Labute approximate surface area is 242 Å². The summed E-state index contributed by atoms with van der Waals surface area (Å²) in [5.41, 5.74) is 3.29. The molecule has 1 aliphatic rings. The number of benzene rings is 3. The van der Waals surface area contributed by atoms with Crippen molar-refractivity contribution in [3.05, 3.63) is 100 Å². The smallest absolute Gasteiger partial charge is 0.331 e. The lowest BCUT2D eigenvalue weighted by molar-refractivity contribution is -0.156. The number of carbonyl (C=O) groups is 1. The molecule has 1 heterocycles. The van der Waals surface area contributed by atoms with Gasteiger partial charge in [-0.3, -0.25) is 9.89 Å². The minimum absolute atomic E-state index is 0.281. The van der Waals surface area contributed by atoms with Gasteiger partial charge in [-0.1, -0.05) is 83.9 Å². The van der Waals surface area contributed by atoms with Crippen molar-refractivity contribution >= 4 is 40.6 Å². The number of carbonyl (C=O) groups excluding carboxylic acids is 1. The van der Waals surface area contributed by atoms with E-state index in [1.165, 1.54) is 0 Å².